The summed E-state index contributed by atoms with van der Waals surface area (Å²) in [4.78, 5) is 11.9. The molecule has 1 fully saturated rings. The Hall–Kier alpha value is -2.08. The zero-order valence-corrected chi connectivity index (χ0v) is 15.2. The van der Waals surface area contributed by atoms with Crippen LogP contribution in [0.5, 0.6) is 0 Å². The predicted octanol–water partition coefficient (Wildman–Crippen LogP) is 4.91. The molecular weight excluding hydrogens is 341 g/mol. The number of amides is 1. The smallest absolute Gasteiger partial charge is 0.287 e. The monoisotopic (exact) mass is 364 g/mol. The van der Waals surface area contributed by atoms with E-state index in [9.17, 15) is 18.0 Å². The second-order valence-corrected chi connectivity index (χ2v) is 7.45. The second kappa shape index (κ2) is 6.58. The van der Waals surface area contributed by atoms with Gasteiger partial charge in [0.1, 0.15) is 0 Å². The Morgan fingerprint density at radius 1 is 1.19 bits per heavy atom. The van der Waals surface area contributed by atoms with Crippen LogP contribution in [0.15, 0.2) is 36.4 Å². The summed E-state index contributed by atoms with van der Waals surface area (Å²) in [7, 11) is 0. The number of carbonyl (C=O) groups is 1. The van der Waals surface area contributed by atoms with Crippen LogP contribution in [0.2, 0.25) is 0 Å². The molecule has 1 aliphatic rings. The first-order valence-electron chi connectivity index (χ1n) is 8.81. The van der Waals surface area contributed by atoms with Crippen molar-refractivity contribution in [3.63, 3.8) is 0 Å². The summed E-state index contributed by atoms with van der Waals surface area (Å²) in [6.45, 7) is 5.27. The Kier molecular flexibility index (Phi) is 4.73. The summed E-state index contributed by atoms with van der Waals surface area (Å²) in [5.74, 6) is -0.387. The molecule has 2 aromatic carbocycles. The van der Waals surface area contributed by atoms with Crippen molar-refractivity contribution in [1.29, 1.82) is 0 Å². The Morgan fingerprint density at radius 2 is 1.88 bits per heavy atom. The fraction of sp³-hybridized carbons (Fsp3) is 0.450. The summed E-state index contributed by atoms with van der Waals surface area (Å²) in [5.41, 5.74) is 2.44. The van der Waals surface area contributed by atoms with Crippen molar-refractivity contribution < 1.29 is 18.0 Å². The van der Waals surface area contributed by atoms with Gasteiger partial charge in [0.25, 0.3) is 0 Å². The number of benzene rings is 2. The molecular formula is C20H23F3N2O. The largest absolute Gasteiger partial charge is 0.409 e. The van der Waals surface area contributed by atoms with E-state index in [4.69, 9.17) is 0 Å². The molecule has 140 valence electrons. The SMILES string of the molecule is CCCc1ccc2ccccc2c1C(N1NC(=O)CC1(C)C)C(F)(F)F. The van der Waals surface area contributed by atoms with Gasteiger partial charge in [-0.3, -0.25) is 10.2 Å². The van der Waals surface area contributed by atoms with Crippen LogP contribution in [0.3, 0.4) is 0 Å². The number of halogens is 3. The van der Waals surface area contributed by atoms with E-state index in [1.165, 1.54) is 0 Å². The van der Waals surface area contributed by atoms with Crippen molar-refractivity contribution in [2.75, 3.05) is 0 Å². The number of hydrogen-bond donors (Lipinski definition) is 1. The molecule has 1 unspecified atom stereocenters. The van der Waals surface area contributed by atoms with Gasteiger partial charge in [-0.05, 0) is 42.2 Å². The van der Waals surface area contributed by atoms with Gasteiger partial charge in [-0.15, -0.1) is 0 Å². The fourth-order valence-corrected chi connectivity index (χ4v) is 3.81. The van der Waals surface area contributed by atoms with Crippen molar-refractivity contribution in [2.45, 2.75) is 57.8 Å². The van der Waals surface area contributed by atoms with Gasteiger partial charge in [0.15, 0.2) is 6.04 Å². The Balaban J connectivity index is 2.28. The van der Waals surface area contributed by atoms with Crippen LogP contribution >= 0.6 is 0 Å². The van der Waals surface area contributed by atoms with Crippen LogP contribution in [-0.4, -0.2) is 22.6 Å². The number of alkyl halides is 3. The van der Waals surface area contributed by atoms with E-state index in [-0.39, 0.29) is 17.9 Å². The summed E-state index contributed by atoms with van der Waals surface area (Å²) >= 11 is 0. The van der Waals surface area contributed by atoms with E-state index < -0.39 is 17.8 Å². The van der Waals surface area contributed by atoms with E-state index in [1.807, 2.05) is 25.1 Å². The number of nitrogens with zero attached hydrogens (tertiary/aromatic N) is 1. The molecule has 26 heavy (non-hydrogen) atoms. The number of hydrogen-bond acceptors (Lipinski definition) is 2. The molecule has 1 amide bonds. The van der Waals surface area contributed by atoms with Crippen LogP contribution in [0.25, 0.3) is 10.8 Å². The van der Waals surface area contributed by atoms with Gasteiger partial charge >= 0.3 is 6.18 Å². The van der Waals surface area contributed by atoms with Crippen LogP contribution < -0.4 is 5.43 Å². The molecule has 3 rings (SSSR count). The molecule has 0 spiro atoms. The first-order valence-corrected chi connectivity index (χ1v) is 8.81. The molecule has 2 aromatic rings. The molecule has 0 radical (unpaired) electrons. The molecule has 1 heterocycles. The zero-order valence-electron chi connectivity index (χ0n) is 15.2. The quantitative estimate of drug-likeness (QED) is 0.836. The molecule has 1 N–H and O–H groups in total. The van der Waals surface area contributed by atoms with Crippen LogP contribution in [-0.2, 0) is 11.2 Å². The minimum atomic E-state index is -4.53. The lowest BCUT2D eigenvalue weighted by Crippen LogP contribution is -2.51. The highest BCUT2D eigenvalue weighted by Crippen LogP contribution is 2.46. The first kappa shape index (κ1) is 18.7. The highest BCUT2D eigenvalue weighted by molar-refractivity contribution is 5.87. The lowest BCUT2D eigenvalue weighted by atomic mass is 9.89. The summed E-state index contributed by atoms with van der Waals surface area (Å²) < 4.78 is 42.8. The average Bonchev–Trinajstić information content (AvgIpc) is 2.80. The Labute approximate surface area is 151 Å². The third-order valence-electron chi connectivity index (χ3n) is 4.91. The maximum atomic E-state index is 14.3. The zero-order chi connectivity index (χ0) is 19.1. The number of fused-ring (bicyclic) bond motifs is 1. The maximum absolute atomic E-state index is 14.3. The van der Waals surface area contributed by atoms with Crippen LogP contribution in [0.1, 0.15) is 50.8 Å². The van der Waals surface area contributed by atoms with Gasteiger partial charge in [-0.2, -0.15) is 18.2 Å². The standard InChI is InChI=1S/C20H23F3N2O/c1-4-7-14-11-10-13-8-5-6-9-15(13)17(14)18(20(21,22)23)25-19(2,3)12-16(26)24-25/h5-6,8-11,18H,4,7,12H2,1-3H3,(H,24,26). The third-order valence-corrected chi connectivity index (χ3v) is 4.91. The number of hydrazine groups is 1. The van der Waals surface area contributed by atoms with Crippen LogP contribution in [0, 0.1) is 0 Å². The van der Waals surface area contributed by atoms with Gasteiger partial charge in [-0.25, -0.2) is 0 Å². The number of carbonyl (C=O) groups excluding carboxylic acids is 1. The molecule has 0 saturated carbocycles. The van der Waals surface area contributed by atoms with E-state index >= 15 is 0 Å². The van der Waals surface area contributed by atoms with E-state index in [1.54, 1.807) is 32.0 Å². The summed E-state index contributed by atoms with van der Waals surface area (Å²) in [6, 6.07) is 8.87. The van der Waals surface area contributed by atoms with Gasteiger partial charge in [0, 0.05) is 12.0 Å². The highest BCUT2D eigenvalue weighted by Gasteiger charge is 2.53. The predicted molar refractivity (Wildman–Crippen MR) is 95.4 cm³/mol. The number of nitrogens with one attached hydrogen (secondary N) is 1. The third kappa shape index (κ3) is 3.30. The number of aryl methyl sites for hydroxylation is 1. The van der Waals surface area contributed by atoms with Crippen molar-refractivity contribution in [1.82, 2.24) is 10.4 Å². The molecule has 1 atom stereocenters. The molecule has 1 saturated heterocycles. The lowest BCUT2D eigenvalue weighted by molar-refractivity contribution is -0.203. The highest BCUT2D eigenvalue weighted by atomic mass is 19.4. The van der Waals surface area contributed by atoms with E-state index in [0.717, 1.165) is 16.8 Å². The molecule has 1 aliphatic heterocycles. The van der Waals surface area contributed by atoms with Crippen LogP contribution in [0.4, 0.5) is 13.2 Å². The maximum Gasteiger partial charge on any atom is 0.409 e. The van der Waals surface area contributed by atoms with Crippen molar-refractivity contribution >= 4 is 16.7 Å². The Morgan fingerprint density at radius 3 is 2.46 bits per heavy atom. The first-order chi connectivity index (χ1) is 12.1. The lowest BCUT2D eigenvalue weighted by Gasteiger charge is -2.39. The molecule has 0 aromatic heterocycles. The van der Waals surface area contributed by atoms with E-state index in [2.05, 4.69) is 5.43 Å². The van der Waals surface area contributed by atoms with E-state index in [0.29, 0.717) is 17.4 Å². The van der Waals surface area contributed by atoms with Gasteiger partial charge < -0.3 is 0 Å². The molecule has 6 heteroatoms. The topological polar surface area (TPSA) is 32.3 Å². The average molecular weight is 364 g/mol. The molecule has 3 nitrogen and oxygen atoms in total. The fourth-order valence-electron chi connectivity index (χ4n) is 3.81. The normalized spacial score (nSPS) is 18.9. The minimum Gasteiger partial charge on any atom is -0.287 e. The molecule has 0 bridgehead atoms. The number of rotatable bonds is 4. The van der Waals surface area contributed by atoms with Gasteiger partial charge in [0.2, 0.25) is 5.91 Å². The van der Waals surface area contributed by atoms with Crippen molar-refractivity contribution in [3.05, 3.63) is 47.5 Å². The van der Waals surface area contributed by atoms with Crippen molar-refractivity contribution in [2.24, 2.45) is 0 Å². The van der Waals surface area contributed by atoms with Crippen molar-refractivity contribution in [3.8, 4) is 0 Å². The van der Waals surface area contributed by atoms with Gasteiger partial charge in [0.05, 0.1) is 0 Å². The van der Waals surface area contributed by atoms with Gasteiger partial charge in [-0.1, -0.05) is 49.7 Å². The summed E-state index contributed by atoms with van der Waals surface area (Å²) in [6.07, 6.45) is -3.20. The summed E-state index contributed by atoms with van der Waals surface area (Å²) in [5, 5.41) is 2.44. The minimum absolute atomic E-state index is 0.0352. The molecule has 0 aliphatic carbocycles. The Bertz CT molecular complexity index is 829. The second-order valence-electron chi connectivity index (χ2n) is 7.45.